The maximum absolute atomic E-state index is 13.9. The second-order valence-electron chi connectivity index (χ2n) is 5.71. The highest BCUT2D eigenvalue weighted by Gasteiger charge is 2.30. The molecule has 0 unspecified atom stereocenters. The van der Waals surface area contributed by atoms with Crippen LogP contribution >= 0.6 is 11.6 Å². The van der Waals surface area contributed by atoms with Gasteiger partial charge in [0.15, 0.2) is 0 Å². The van der Waals surface area contributed by atoms with Gasteiger partial charge in [0.2, 0.25) is 0 Å². The standard InChI is InChI=1S/C16H24ClFN2/c1-3-16(4-2)12-20(9-5-8-19-16)11-13-10-14(17)6-7-15(13)18/h6-7,10,19H,3-5,8-9,11-12H2,1-2H3. The van der Waals surface area contributed by atoms with Gasteiger partial charge in [0.05, 0.1) is 0 Å². The molecule has 0 atom stereocenters. The quantitative estimate of drug-likeness (QED) is 0.909. The van der Waals surface area contributed by atoms with E-state index >= 15 is 0 Å². The normalized spacial score (nSPS) is 19.8. The predicted molar refractivity (Wildman–Crippen MR) is 82.6 cm³/mol. The topological polar surface area (TPSA) is 15.3 Å². The van der Waals surface area contributed by atoms with Gasteiger partial charge in [-0.3, -0.25) is 4.90 Å². The summed E-state index contributed by atoms with van der Waals surface area (Å²) in [4.78, 5) is 2.35. The molecule has 1 aliphatic rings. The van der Waals surface area contributed by atoms with Crippen LogP contribution < -0.4 is 5.32 Å². The lowest BCUT2D eigenvalue weighted by Crippen LogP contribution is -2.50. The minimum atomic E-state index is -0.162. The molecule has 112 valence electrons. The summed E-state index contributed by atoms with van der Waals surface area (Å²) in [5.41, 5.74) is 0.853. The van der Waals surface area contributed by atoms with Gasteiger partial charge in [-0.15, -0.1) is 0 Å². The number of nitrogens with zero attached hydrogens (tertiary/aromatic N) is 1. The molecular formula is C16H24ClFN2. The highest BCUT2D eigenvalue weighted by Crippen LogP contribution is 2.23. The first-order chi connectivity index (χ1) is 9.58. The van der Waals surface area contributed by atoms with E-state index in [0.717, 1.165) is 38.9 Å². The third-order valence-corrected chi connectivity index (χ3v) is 4.67. The van der Waals surface area contributed by atoms with Crippen molar-refractivity contribution in [3.8, 4) is 0 Å². The first kappa shape index (κ1) is 15.7. The van der Waals surface area contributed by atoms with Crippen LogP contribution in [0.3, 0.4) is 0 Å². The van der Waals surface area contributed by atoms with Crippen molar-refractivity contribution in [1.82, 2.24) is 10.2 Å². The Hall–Kier alpha value is -0.640. The van der Waals surface area contributed by atoms with Crippen LogP contribution in [0, 0.1) is 5.82 Å². The molecule has 0 bridgehead atoms. The smallest absolute Gasteiger partial charge is 0.127 e. The number of halogens is 2. The lowest BCUT2D eigenvalue weighted by Gasteiger charge is -2.35. The van der Waals surface area contributed by atoms with Crippen molar-refractivity contribution in [2.24, 2.45) is 0 Å². The Kier molecular flexibility index (Phi) is 5.42. The Bertz CT molecular complexity index is 446. The van der Waals surface area contributed by atoms with Gasteiger partial charge in [0.25, 0.3) is 0 Å². The molecule has 4 heteroatoms. The zero-order valence-electron chi connectivity index (χ0n) is 12.4. The molecular weight excluding hydrogens is 275 g/mol. The molecule has 0 aromatic heterocycles. The summed E-state index contributed by atoms with van der Waals surface area (Å²) < 4.78 is 13.9. The van der Waals surface area contributed by atoms with Crippen molar-refractivity contribution in [3.63, 3.8) is 0 Å². The van der Waals surface area contributed by atoms with Gasteiger partial charge in [-0.1, -0.05) is 25.4 Å². The third-order valence-electron chi connectivity index (χ3n) is 4.43. The van der Waals surface area contributed by atoms with Crippen molar-refractivity contribution in [3.05, 3.63) is 34.6 Å². The molecule has 2 nitrogen and oxygen atoms in total. The highest BCUT2D eigenvalue weighted by atomic mass is 35.5. The summed E-state index contributed by atoms with van der Waals surface area (Å²) in [6, 6.07) is 4.81. The zero-order valence-corrected chi connectivity index (χ0v) is 13.1. The summed E-state index contributed by atoms with van der Waals surface area (Å²) in [7, 11) is 0. The first-order valence-corrected chi connectivity index (χ1v) is 7.87. The maximum atomic E-state index is 13.9. The van der Waals surface area contributed by atoms with Crippen LogP contribution in [0.25, 0.3) is 0 Å². The molecule has 0 aliphatic carbocycles. The molecule has 1 saturated heterocycles. The first-order valence-electron chi connectivity index (χ1n) is 7.50. The van der Waals surface area contributed by atoms with E-state index in [9.17, 15) is 4.39 Å². The molecule has 1 aromatic rings. The Morgan fingerprint density at radius 2 is 2.10 bits per heavy atom. The molecule has 20 heavy (non-hydrogen) atoms. The largest absolute Gasteiger partial charge is 0.310 e. The highest BCUT2D eigenvalue weighted by molar-refractivity contribution is 6.30. The van der Waals surface area contributed by atoms with E-state index in [0.29, 0.717) is 17.1 Å². The Morgan fingerprint density at radius 3 is 2.80 bits per heavy atom. The number of nitrogens with one attached hydrogen (secondary N) is 1. The van der Waals surface area contributed by atoms with Crippen LogP contribution in [0.4, 0.5) is 4.39 Å². The molecule has 0 radical (unpaired) electrons. The fraction of sp³-hybridized carbons (Fsp3) is 0.625. The van der Waals surface area contributed by atoms with Gasteiger partial charge in [-0.2, -0.15) is 0 Å². The Labute approximate surface area is 126 Å². The van der Waals surface area contributed by atoms with Gasteiger partial charge in [-0.25, -0.2) is 4.39 Å². The van der Waals surface area contributed by atoms with Crippen LogP contribution in [0.1, 0.15) is 38.7 Å². The van der Waals surface area contributed by atoms with Crippen molar-refractivity contribution < 1.29 is 4.39 Å². The SMILES string of the molecule is CCC1(CC)CN(Cc2cc(Cl)ccc2F)CCCN1. The van der Waals surface area contributed by atoms with Crippen molar-refractivity contribution >= 4 is 11.6 Å². The lowest BCUT2D eigenvalue weighted by molar-refractivity contribution is 0.189. The molecule has 1 aliphatic heterocycles. The molecule has 0 amide bonds. The van der Waals surface area contributed by atoms with Gasteiger partial charge < -0.3 is 5.32 Å². The number of benzene rings is 1. The fourth-order valence-corrected chi connectivity index (χ4v) is 3.18. The molecule has 2 rings (SSSR count). The Morgan fingerprint density at radius 1 is 1.35 bits per heavy atom. The van der Waals surface area contributed by atoms with Gasteiger partial charge >= 0.3 is 0 Å². The van der Waals surface area contributed by atoms with Gasteiger partial charge in [0, 0.05) is 29.2 Å². The fourth-order valence-electron chi connectivity index (χ4n) is 2.98. The zero-order chi connectivity index (χ0) is 14.6. The number of rotatable bonds is 4. The van der Waals surface area contributed by atoms with Crippen LogP contribution in [-0.2, 0) is 6.54 Å². The monoisotopic (exact) mass is 298 g/mol. The molecule has 0 saturated carbocycles. The van der Waals surface area contributed by atoms with E-state index in [2.05, 4.69) is 24.1 Å². The third kappa shape index (κ3) is 3.72. The van der Waals surface area contributed by atoms with Gasteiger partial charge in [-0.05, 0) is 50.6 Å². The van der Waals surface area contributed by atoms with Crippen molar-refractivity contribution in [2.45, 2.75) is 45.2 Å². The van der Waals surface area contributed by atoms with E-state index < -0.39 is 0 Å². The average molecular weight is 299 g/mol. The lowest BCUT2D eigenvalue weighted by atomic mass is 9.92. The number of hydrogen-bond acceptors (Lipinski definition) is 2. The van der Waals surface area contributed by atoms with Crippen LogP contribution in [0.5, 0.6) is 0 Å². The summed E-state index contributed by atoms with van der Waals surface area (Å²) in [6.45, 7) is 8.08. The average Bonchev–Trinajstić information content (AvgIpc) is 2.66. The Balaban J connectivity index is 2.13. The van der Waals surface area contributed by atoms with Crippen LogP contribution in [-0.4, -0.2) is 30.1 Å². The van der Waals surface area contributed by atoms with Crippen molar-refractivity contribution in [2.75, 3.05) is 19.6 Å². The molecule has 1 aromatic carbocycles. The molecule has 0 spiro atoms. The summed E-state index contributed by atoms with van der Waals surface area (Å²) in [6.07, 6.45) is 3.29. The summed E-state index contributed by atoms with van der Waals surface area (Å²) in [5, 5.41) is 4.28. The molecule has 1 fully saturated rings. The van der Waals surface area contributed by atoms with Crippen LogP contribution in [0.2, 0.25) is 5.02 Å². The molecule has 1 N–H and O–H groups in total. The summed E-state index contributed by atoms with van der Waals surface area (Å²) in [5.74, 6) is -0.162. The van der Waals surface area contributed by atoms with Crippen LogP contribution in [0.15, 0.2) is 18.2 Å². The predicted octanol–water partition coefficient (Wildman–Crippen LogP) is 3.83. The molecule has 1 heterocycles. The van der Waals surface area contributed by atoms with E-state index in [1.807, 2.05) is 0 Å². The van der Waals surface area contributed by atoms with E-state index in [-0.39, 0.29) is 11.4 Å². The van der Waals surface area contributed by atoms with Gasteiger partial charge in [0.1, 0.15) is 5.82 Å². The number of hydrogen-bond donors (Lipinski definition) is 1. The summed E-state index contributed by atoms with van der Waals surface area (Å²) >= 11 is 5.98. The van der Waals surface area contributed by atoms with Crippen molar-refractivity contribution in [1.29, 1.82) is 0 Å². The minimum Gasteiger partial charge on any atom is -0.310 e. The minimum absolute atomic E-state index is 0.158. The van der Waals surface area contributed by atoms with E-state index in [1.165, 1.54) is 6.07 Å². The maximum Gasteiger partial charge on any atom is 0.127 e. The second-order valence-corrected chi connectivity index (χ2v) is 6.15. The second kappa shape index (κ2) is 6.88. The van der Waals surface area contributed by atoms with E-state index in [1.54, 1.807) is 12.1 Å². The van der Waals surface area contributed by atoms with E-state index in [4.69, 9.17) is 11.6 Å².